The van der Waals surface area contributed by atoms with Crippen molar-refractivity contribution in [2.45, 2.75) is 19.8 Å². The molecule has 1 aromatic rings. The molecule has 140 valence electrons. The van der Waals surface area contributed by atoms with Crippen LogP contribution in [0.4, 0.5) is 0 Å². The minimum absolute atomic E-state index is 0.0582. The van der Waals surface area contributed by atoms with Gasteiger partial charge in [0.25, 0.3) is 0 Å². The Morgan fingerprint density at radius 3 is 2.04 bits per heavy atom. The molecule has 6 nitrogen and oxygen atoms in total. The predicted octanol–water partition coefficient (Wildman–Crippen LogP) is 1.27. The fraction of sp³-hybridized carbons (Fsp3) is 0.550. The van der Waals surface area contributed by atoms with E-state index in [0.717, 1.165) is 31.5 Å². The molecule has 0 saturated carbocycles. The van der Waals surface area contributed by atoms with Crippen molar-refractivity contribution in [2.24, 2.45) is 5.92 Å². The second kappa shape index (κ2) is 8.45. The van der Waals surface area contributed by atoms with Crippen molar-refractivity contribution >= 4 is 17.6 Å². The largest absolute Gasteiger partial charge is 0.339 e. The van der Waals surface area contributed by atoms with Crippen LogP contribution in [0, 0.1) is 5.92 Å². The van der Waals surface area contributed by atoms with E-state index >= 15 is 0 Å². The molecule has 2 fully saturated rings. The van der Waals surface area contributed by atoms with Gasteiger partial charge in [-0.1, -0.05) is 30.3 Å². The highest BCUT2D eigenvalue weighted by Crippen LogP contribution is 2.21. The van der Waals surface area contributed by atoms with Crippen molar-refractivity contribution < 1.29 is 14.4 Å². The fourth-order valence-electron chi connectivity index (χ4n) is 3.75. The molecule has 2 aliphatic heterocycles. The van der Waals surface area contributed by atoms with Gasteiger partial charge in [-0.2, -0.15) is 0 Å². The molecule has 0 bridgehead atoms. The molecule has 2 aliphatic rings. The number of likely N-dealkylation sites (tertiary alicyclic amines) is 1. The molecule has 0 radical (unpaired) electrons. The first-order valence-electron chi connectivity index (χ1n) is 9.39. The van der Waals surface area contributed by atoms with Gasteiger partial charge in [0.1, 0.15) is 0 Å². The van der Waals surface area contributed by atoms with Crippen LogP contribution in [0.1, 0.15) is 30.1 Å². The monoisotopic (exact) mass is 357 g/mol. The van der Waals surface area contributed by atoms with Gasteiger partial charge in [-0.15, -0.1) is 0 Å². The fourth-order valence-corrected chi connectivity index (χ4v) is 3.75. The average Bonchev–Trinajstić information content (AvgIpc) is 2.68. The molecule has 26 heavy (non-hydrogen) atoms. The van der Waals surface area contributed by atoms with Crippen LogP contribution in [0.3, 0.4) is 0 Å². The number of carbonyl (C=O) groups is 3. The van der Waals surface area contributed by atoms with Gasteiger partial charge in [0, 0.05) is 44.6 Å². The van der Waals surface area contributed by atoms with E-state index < -0.39 is 0 Å². The first-order chi connectivity index (χ1) is 12.5. The molecule has 1 aromatic carbocycles. The summed E-state index contributed by atoms with van der Waals surface area (Å²) in [6.07, 6.45) is 1.61. The summed E-state index contributed by atoms with van der Waals surface area (Å²) in [5.41, 5.74) is 0.783. The second-order valence-corrected chi connectivity index (χ2v) is 7.17. The van der Waals surface area contributed by atoms with E-state index in [0.29, 0.717) is 32.7 Å². The summed E-state index contributed by atoms with van der Waals surface area (Å²) in [5.74, 6) is 0.475. The number of benzene rings is 1. The highest BCUT2D eigenvalue weighted by Gasteiger charge is 2.28. The van der Waals surface area contributed by atoms with E-state index in [1.807, 2.05) is 35.2 Å². The summed E-state index contributed by atoms with van der Waals surface area (Å²) in [4.78, 5) is 42.2. The quantitative estimate of drug-likeness (QED) is 0.762. The van der Waals surface area contributed by atoms with Crippen molar-refractivity contribution in [1.82, 2.24) is 14.7 Å². The number of piperidine rings is 1. The third-order valence-electron chi connectivity index (χ3n) is 5.45. The Kier molecular flexibility index (Phi) is 6.04. The normalized spacial score (nSPS) is 19.4. The molecule has 0 atom stereocenters. The van der Waals surface area contributed by atoms with Crippen molar-refractivity contribution in [1.29, 1.82) is 0 Å². The summed E-state index contributed by atoms with van der Waals surface area (Å²) < 4.78 is 0. The van der Waals surface area contributed by atoms with Gasteiger partial charge in [0.05, 0.1) is 6.54 Å². The number of rotatable bonds is 4. The Bertz CT molecular complexity index is 646. The number of amides is 2. The molecule has 0 aromatic heterocycles. The van der Waals surface area contributed by atoms with Crippen molar-refractivity contribution in [2.75, 3.05) is 45.8 Å². The maximum atomic E-state index is 12.5. The molecule has 6 heteroatoms. The predicted molar refractivity (Wildman–Crippen MR) is 98.8 cm³/mol. The van der Waals surface area contributed by atoms with Crippen LogP contribution in [0.25, 0.3) is 0 Å². The van der Waals surface area contributed by atoms with Crippen LogP contribution in [0.2, 0.25) is 0 Å². The van der Waals surface area contributed by atoms with Crippen molar-refractivity contribution in [3.05, 3.63) is 35.9 Å². The topological polar surface area (TPSA) is 60.9 Å². The third kappa shape index (κ3) is 4.49. The summed E-state index contributed by atoms with van der Waals surface area (Å²) in [6.45, 7) is 6.00. The Labute approximate surface area is 154 Å². The minimum Gasteiger partial charge on any atom is -0.339 e. The Morgan fingerprint density at radius 2 is 1.46 bits per heavy atom. The van der Waals surface area contributed by atoms with E-state index in [4.69, 9.17) is 0 Å². The van der Waals surface area contributed by atoms with E-state index in [1.165, 1.54) is 0 Å². The van der Waals surface area contributed by atoms with Crippen LogP contribution < -0.4 is 0 Å². The standard InChI is InChI=1S/C20H27N3O3/c1-16(24)22-11-13-23(14-12-22)19(25)15-21-9-7-18(8-10-21)20(26)17-5-3-2-4-6-17/h2-6,18H,7-15H2,1H3. The molecular formula is C20H27N3O3. The van der Waals surface area contributed by atoms with E-state index in [2.05, 4.69) is 4.90 Å². The molecule has 3 rings (SSSR count). The molecular weight excluding hydrogens is 330 g/mol. The molecule has 0 unspecified atom stereocenters. The van der Waals surface area contributed by atoms with E-state index in [-0.39, 0.29) is 23.5 Å². The summed E-state index contributed by atoms with van der Waals surface area (Å²) in [5, 5.41) is 0. The maximum Gasteiger partial charge on any atom is 0.236 e. The lowest BCUT2D eigenvalue weighted by Crippen LogP contribution is -2.52. The number of ketones is 1. The van der Waals surface area contributed by atoms with Crippen LogP contribution in [-0.2, 0) is 9.59 Å². The van der Waals surface area contributed by atoms with Gasteiger partial charge < -0.3 is 9.80 Å². The van der Waals surface area contributed by atoms with Gasteiger partial charge in [-0.3, -0.25) is 19.3 Å². The number of hydrogen-bond acceptors (Lipinski definition) is 4. The number of Topliss-reactive ketones (excluding diaryl/α,β-unsaturated/α-hetero) is 1. The zero-order valence-electron chi connectivity index (χ0n) is 15.4. The van der Waals surface area contributed by atoms with Gasteiger partial charge in [0.2, 0.25) is 11.8 Å². The average molecular weight is 357 g/mol. The van der Waals surface area contributed by atoms with Crippen LogP contribution in [0.15, 0.2) is 30.3 Å². The minimum atomic E-state index is 0.0582. The lowest BCUT2D eigenvalue weighted by molar-refractivity contribution is -0.139. The van der Waals surface area contributed by atoms with E-state index in [9.17, 15) is 14.4 Å². The van der Waals surface area contributed by atoms with Gasteiger partial charge >= 0.3 is 0 Å². The van der Waals surface area contributed by atoms with Crippen LogP contribution in [0.5, 0.6) is 0 Å². The number of nitrogens with zero attached hydrogens (tertiary/aromatic N) is 3. The third-order valence-corrected chi connectivity index (χ3v) is 5.45. The molecule has 2 saturated heterocycles. The number of piperazine rings is 1. The van der Waals surface area contributed by atoms with Crippen molar-refractivity contribution in [3.63, 3.8) is 0 Å². The first-order valence-corrected chi connectivity index (χ1v) is 9.39. The molecule has 0 aliphatic carbocycles. The smallest absolute Gasteiger partial charge is 0.236 e. The first kappa shape index (κ1) is 18.6. The van der Waals surface area contributed by atoms with Crippen LogP contribution in [-0.4, -0.2) is 78.1 Å². The summed E-state index contributed by atoms with van der Waals surface area (Å²) in [7, 11) is 0. The molecule has 0 N–H and O–H groups in total. The highest BCUT2D eigenvalue weighted by atomic mass is 16.2. The van der Waals surface area contributed by atoms with Gasteiger partial charge in [-0.05, 0) is 25.9 Å². The second-order valence-electron chi connectivity index (χ2n) is 7.17. The molecule has 2 heterocycles. The SMILES string of the molecule is CC(=O)N1CCN(C(=O)CN2CCC(C(=O)c3ccccc3)CC2)CC1. The number of hydrogen-bond donors (Lipinski definition) is 0. The maximum absolute atomic E-state index is 12.5. The van der Waals surface area contributed by atoms with E-state index in [1.54, 1.807) is 11.8 Å². The summed E-state index contributed by atoms with van der Waals surface area (Å²) >= 11 is 0. The Balaban J connectivity index is 1.43. The van der Waals surface area contributed by atoms with Gasteiger partial charge in [0.15, 0.2) is 5.78 Å². The Hall–Kier alpha value is -2.21. The lowest BCUT2D eigenvalue weighted by Gasteiger charge is -2.36. The molecule has 2 amide bonds. The zero-order valence-corrected chi connectivity index (χ0v) is 15.4. The van der Waals surface area contributed by atoms with Crippen LogP contribution >= 0.6 is 0 Å². The zero-order chi connectivity index (χ0) is 18.5. The Morgan fingerprint density at radius 1 is 0.885 bits per heavy atom. The lowest BCUT2D eigenvalue weighted by atomic mass is 9.89. The summed E-state index contributed by atoms with van der Waals surface area (Å²) in [6, 6.07) is 9.46. The number of carbonyl (C=O) groups excluding carboxylic acids is 3. The highest BCUT2D eigenvalue weighted by molar-refractivity contribution is 5.97. The van der Waals surface area contributed by atoms with Gasteiger partial charge in [-0.25, -0.2) is 0 Å². The van der Waals surface area contributed by atoms with Crippen molar-refractivity contribution in [3.8, 4) is 0 Å². The molecule has 0 spiro atoms.